The Morgan fingerprint density at radius 3 is 2.42 bits per heavy atom. The lowest BCUT2D eigenvalue weighted by Gasteiger charge is -2.12. The highest BCUT2D eigenvalue weighted by molar-refractivity contribution is 5.91. The van der Waals surface area contributed by atoms with Crippen LogP contribution in [0.2, 0.25) is 0 Å². The summed E-state index contributed by atoms with van der Waals surface area (Å²) in [5, 5.41) is 14.0. The van der Waals surface area contributed by atoms with Crippen LogP contribution in [-0.4, -0.2) is 26.0 Å². The number of aliphatic hydroxyl groups is 1. The molecule has 1 heterocycles. The maximum atomic E-state index is 9.70. The lowest BCUT2D eigenvalue weighted by molar-refractivity contribution is 0.199. The molecule has 1 aromatic heterocycles. The summed E-state index contributed by atoms with van der Waals surface area (Å²) in [5.41, 5.74) is 5.12. The Labute approximate surface area is 140 Å². The number of rotatable bonds is 3. The van der Waals surface area contributed by atoms with Crippen molar-refractivity contribution in [2.45, 2.75) is 26.9 Å². The lowest BCUT2D eigenvalue weighted by atomic mass is 10.1. The minimum absolute atomic E-state index is 0. The van der Waals surface area contributed by atoms with Gasteiger partial charge < -0.3 is 21.4 Å². The van der Waals surface area contributed by atoms with Crippen molar-refractivity contribution < 1.29 is 16.1 Å². The van der Waals surface area contributed by atoms with E-state index in [0.29, 0.717) is 0 Å². The monoisotopic (exact) mass is 329 g/mol. The Morgan fingerprint density at radius 2 is 1.71 bits per heavy atom. The summed E-state index contributed by atoms with van der Waals surface area (Å²) in [6.07, 6.45) is 1.08. The summed E-state index contributed by atoms with van der Waals surface area (Å²) in [5.74, 6) is 0.774. The van der Waals surface area contributed by atoms with Gasteiger partial charge in [-0.05, 0) is 61.7 Å². The molecule has 0 saturated heterocycles. The maximum absolute atomic E-state index is 9.70. The number of anilines is 2. The quantitative estimate of drug-likeness (QED) is 0.766. The standard InChI is InChI=1S/C18H19N3O.2H2O/c1-11-7-16-17(8-12(11)2)19-10-20-18(16)21-15-6-4-5-14(9-15)13(3)22;;/h4-10,13,22H,1-3H3,(H,19,20,21);2*1H2. The molecule has 1 atom stereocenters. The molecule has 0 fully saturated rings. The fourth-order valence-electron chi connectivity index (χ4n) is 2.43. The molecule has 6 heteroatoms. The first-order chi connectivity index (χ1) is 10.5. The first-order valence-corrected chi connectivity index (χ1v) is 7.31. The highest BCUT2D eigenvalue weighted by Crippen LogP contribution is 2.26. The number of hydrogen-bond donors (Lipinski definition) is 2. The molecule has 0 radical (unpaired) electrons. The zero-order chi connectivity index (χ0) is 15.7. The van der Waals surface area contributed by atoms with E-state index < -0.39 is 6.10 Å². The van der Waals surface area contributed by atoms with Crippen molar-refractivity contribution in [1.29, 1.82) is 0 Å². The molecular weight excluding hydrogens is 306 g/mol. The normalized spacial score (nSPS) is 11.3. The number of hydrogen-bond acceptors (Lipinski definition) is 4. The number of aromatic nitrogens is 2. The van der Waals surface area contributed by atoms with Crippen molar-refractivity contribution >= 4 is 22.4 Å². The predicted molar refractivity (Wildman–Crippen MR) is 96.6 cm³/mol. The van der Waals surface area contributed by atoms with E-state index in [9.17, 15) is 5.11 Å². The Hall–Kier alpha value is -2.54. The fraction of sp³-hybridized carbons (Fsp3) is 0.222. The second-order valence-electron chi connectivity index (χ2n) is 5.60. The van der Waals surface area contributed by atoms with Gasteiger partial charge in [0.25, 0.3) is 0 Å². The van der Waals surface area contributed by atoms with Crippen molar-refractivity contribution in [2.24, 2.45) is 0 Å². The minimum atomic E-state index is -0.492. The molecule has 3 aromatic rings. The largest absolute Gasteiger partial charge is 0.412 e. The van der Waals surface area contributed by atoms with Crippen LogP contribution in [0.5, 0.6) is 0 Å². The van der Waals surface area contributed by atoms with E-state index in [4.69, 9.17) is 0 Å². The van der Waals surface area contributed by atoms with E-state index in [1.54, 1.807) is 13.3 Å². The van der Waals surface area contributed by atoms with Gasteiger partial charge in [0.05, 0.1) is 11.6 Å². The van der Waals surface area contributed by atoms with Gasteiger partial charge in [-0.15, -0.1) is 0 Å². The Morgan fingerprint density at radius 1 is 1.00 bits per heavy atom. The summed E-state index contributed by atoms with van der Waals surface area (Å²) in [6.45, 7) is 5.92. The van der Waals surface area contributed by atoms with Crippen LogP contribution in [0.4, 0.5) is 11.5 Å². The molecular formula is C18H23N3O3. The van der Waals surface area contributed by atoms with Crippen LogP contribution in [0.15, 0.2) is 42.7 Å². The van der Waals surface area contributed by atoms with Crippen LogP contribution in [0.1, 0.15) is 29.7 Å². The molecule has 128 valence electrons. The van der Waals surface area contributed by atoms with E-state index in [-0.39, 0.29) is 11.0 Å². The van der Waals surface area contributed by atoms with Crippen molar-refractivity contribution in [3.8, 4) is 0 Å². The zero-order valence-electron chi connectivity index (χ0n) is 14.0. The summed E-state index contributed by atoms with van der Waals surface area (Å²) in [6, 6.07) is 11.9. The van der Waals surface area contributed by atoms with E-state index in [2.05, 4.69) is 41.3 Å². The summed E-state index contributed by atoms with van der Waals surface area (Å²) in [7, 11) is 0. The Bertz CT molecular complexity index is 835. The van der Waals surface area contributed by atoms with Gasteiger partial charge in [-0.3, -0.25) is 0 Å². The molecule has 0 aliphatic rings. The van der Waals surface area contributed by atoms with E-state index in [1.807, 2.05) is 24.3 Å². The number of aliphatic hydroxyl groups excluding tert-OH is 1. The van der Waals surface area contributed by atoms with Crippen LogP contribution < -0.4 is 5.32 Å². The third kappa shape index (κ3) is 3.86. The third-order valence-electron chi connectivity index (χ3n) is 3.88. The average molecular weight is 329 g/mol. The molecule has 6 N–H and O–H groups in total. The third-order valence-corrected chi connectivity index (χ3v) is 3.88. The number of nitrogens with one attached hydrogen (secondary N) is 1. The molecule has 3 rings (SSSR count). The van der Waals surface area contributed by atoms with Gasteiger partial charge in [0, 0.05) is 11.1 Å². The van der Waals surface area contributed by atoms with E-state index in [1.165, 1.54) is 11.1 Å². The number of fused-ring (bicyclic) bond motifs is 1. The first kappa shape index (κ1) is 19.5. The zero-order valence-corrected chi connectivity index (χ0v) is 14.0. The molecule has 1 unspecified atom stereocenters. The Balaban J connectivity index is 0.00000144. The molecule has 0 saturated carbocycles. The molecule has 0 amide bonds. The van der Waals surface area contributed by atoms with Crippen molar-refractivity contribution in [3.05, 3.63) is 59.4 Å². The smallest absolute Gasteiger partial charge is 0.141 e. The van der Waals surface area contributed by atoms with Gasteiger partial charge >= 0.3 is 0 Å². The first-order valence-electron chi connectivity index (χ1n) is 7.31. The second-order valence-corrected chi connectivity index (χ2v) is 5.60. The summed E-state index contributed by atoms with van der Waals surface area (Å²) < 4.78 is 0. The van der Waals surface area contributed by atoms with Crippen LogP contribution in [0.3, 0.4) is 0 Å². The van der Waals surface area contributed by atoms with Crippen LogP contribution in [-0.2, 0) is 0 Å². The van der Waals surface area contributed by atoms with Crippen LogP contribution in [0, 0.1) is 13.8 Å². The van der Waals surface area contributed by atoms with Crippen LogP contribution in [0.25, 0.3) is 10.9 Å². The van der Waals surface area contributed by atoms with Gasteiger partial charge in [-0.1, -0.05) is 12.1 Å². The van der Waals surface area contributed by atoms with Crippen molar-refractivity contribution in [1.82, 2.24) is 9.97 Å². The van der Waals surface area contributed by atoms with E-state index in [0.717, 1.165) is 28.0 Å². The van der Waals surface area contributed by atoms with Crippen LogP contribution >= 0.6 is 0 Å². The predicted octanol–water partition coefficient (Wildman–Crippen LogP) is 2.39. The topological polar surface area (TPSA) is 121 Å². The molecule has 2 aromatic carbocycles. The van der Waals surface area contributed by atoms with Crippen molar-refractivity contribution in [3.63, 3.8) is 0 Å². The highest BCUT2D eigenvalue weighted by atomic mass is 16.3. The molecule has 0 aliphatic carbocycles. The number of aryl methyl sites for hydroxylation is 2. The number of nitrogens with zero attached hydrogens (tertiary/aromatic N) is 2. The maximum Gasteiger partial charge on any atom is 0.141 e. The lowest BCUT2D eigenvalue weighted by Crippen LogP contribution is -1.98. The van der Waals surface area contributed by atoms with E-state index >= 15 is 0 Å². The molecule has 0 aliphatic heterocycles. The second kappa shape index (κ2) is 7.83. The average Bonchev–Trinajstić information content (AvgIpc) is 2.49. The molecule has 24 heavy (non-hydrogen) atoms. The minimum Gasteiger partial charge on any atom is -0.412 e. The highest BCUT2D eigenvalue weighted by Gasteiger charge is 2.07. The Kier molecular flexibility index (Phi) is 6.36. The molecule has 0 spiro atoms. The summed E-state index contributed by atoms with van der Waals surface area (Å²) >= 11 is 0. The summed E-state index contributed by atoms with van der Waals surface area (Å²) in [4.78, 5) is 8.70. The van der Waals surface area contributed by atoms with Gasteiger partial charge in [-0.2, -0.15) is 0 Å². The molecule has 0 bridgehead atoms. The molecule has 6 nitrogen and oxygen atoms in total. The van der Waals surface area contributed by atoms with Gasteiger partial charge in [-0.25, -0.2) is 9.97 Å². The van der Waals surface area contributed by atoms with Gasteiger partial charge in [0.15, 0.2) is 0 Å². The van der Waals surface area contributed by atoms with Gasteiger partial charge in [0.2, 0.25) is 0 Å². The van der Waals surface area contributed by atoms with Gasteiger partial charge in [0.1, 0.15) is 12.1 Å². The fourth-order valence-corrected chi connectivity index (χ4v) is 2.43. The number of benzene rings is 2. The SMILES string of the molecule is Cc1cc2ncnc(Nc3cccc(C(C)O)c3)c2cc1C.O.O. The van der Waals surface area contributed by atoms with Crippen molar-refractivity contribution in [2.75, 3.05) is 5.32 Å².